The third kappa shape index (κ3) is 7.94. The average molecular weight is 510 g/mol. The van der Waals surface area contributed by atoms with Crippen LogP contribution in [0, 0.1) is 12.7 Å². The first-order valence-corrected chi connectivity index (χ1v) is 13.5. The van der Waals surface area contributed by atoms with Crippen LogP contribution in [0.3, 0.4) is 0 Å². The molecule has 1 amide bonds. The van der Waals surface area contributed by atoms with Gasteiger partial charge in [0.25, 0.3) is 0 Å². The van der Waals surface area contributed by atoms with Crippen molar-refractivity contribution in [2.75, 3.05) is 42.3 Å². The molecule has 0 atom stereocenters. The van der Waals surface area contributed by atoms with E-state index in [1.807, 2.05) is 13.8 Å². The minimum atomic E-state index is -3.10. The number of anilines is 3. The predicted molar refractivity (Wildman–Crippen MR) is 131 cm³/mol. The third-order valence-electron chi connectivity index (χ3n) is 5.38. The van der Waals surface area contributed by atoms with Gasteiger partial charge in [-0.25, -0.2) is 27.6 Å². The highest BCUT2D eigenvalue weighted by molar-refractivity contribution is 7.90. The molecule has 0 unspecified atom stereocenters. The molecule has 1 fully saturated rings. The second-order valence-corrected chi connectivity index (χ2v) is 11.0. The van der Waals surface area contributed by atoms with Gasteiger partial charge in [-0.05, 0) is 39.0 Å². The number of likely N-dealkylation sites (tertiary alicyclic amines) is 1. The molecule has 1 aromatic carbocycles. The van der Waals surface area contributed by atoms with Crippen LogP contribution in [-0.4, -0.2) is 73.2 Å². The quantitative estimate of drug-likeness (QED) is 0.523. The summed E-state index contributed by atoms with van der Waals surface area (Å²) in [5.41, 5.74) is 1.32. The fraction of sp³-hybridized carbons (Fsp3) is 0.522. The summed E-state index contributed by atoms with van der Waals surface area (Å²) in [6, 6.07) is 4.49. The van der Waals surface area contributed by atoms with E-state index in [9.17, 15) is 17.6 Å². The van der Waals surface area contributed by atoms with Gasteiger partial charge in [0.2, 0.25) is 5.88 Å². The summed E-state index contributed by atoms with van der Waals surface area (Å²) in [6.45, 7) is 6.66. The Balaban J connectivity index is 1.59. The molecule has 2 heterocycles. The Labute approximate surface area is 205 Å². The summed E-state index contributed by atoms with van der Waals surface area (Å²) in [7, 11) is -3.10. The van der Waals surface area contributed by atoms with Crippen molar-refractivity contribution in [1.82, 2.24) is 14.9 Å². The molecular weight excluding hydrogens is 477 g/mol. The van der Waals surface area contributed by atoms with Crippen LogP contribution in [0.15, 0.2) is 24.5 Å². The summed E-state index contributed by atoms with van der Waals surface area (Å²) >= 11 is 0. The van der Waals surface area contributed by atoms with E-state index in [1.54, 1.807) is 24.0 Å². The first kappa shape index (κ1) is 26.5. The van der Waals surface area contributed by atoms with Gasteiger partial charge in [-0.1, -0.05) is 0 Å². The van der Waals surface area contributed by atoms with Crippen molar-refractivity contribution in [3.05, 3.63) is 35.9 Å². The number of benzene rings is 1. The third-order valence-corrected chi connectivity index (χ3v) is 6.32. The number of aromatic nitrogens is 2. The summed E-state index contributed by atoms with van der Waals surface area (Å²) in [5.74, 6) is 0.240. The highest BCUT2D eigenvalue weighted by Gasteiger charge is 2.26. The lowest BCUT2D eigenvalue weighted by Gasteiger charge is -2.32. The minimum absolute atomic E-state index is 0.0431. The number of nitrogens with one attached hydrogen (secondary N) is 2. The fourth-order valence-electron chi connectivity index (χ4n) is 3.50. The van der Waals surface area contributed by atoms with Gasteiger partial charge in [-0.3, -0.25) is 0 Å². The molecule has 0 bridgehead atoms. The van der Waals surface area contributed by atoms with Gasteiger partial charge in [0.05, 0.1) is 23.1 Å². The standard InChI is InChI=1S/C23H32FN5O5S/c1-15(2)33-23(30)29-10-7-18(8-11-29)34-22-16(3)21(26-14-27-22)28-20-6-5-17(13-19(20)24)25-9-12-35(4,31)32/h5-6,13-15,18,25H,7-12H2,1-4H3,(H,26,27,28). The minimum Gasteiger partial charge on any atom is -0.474 e. The second kappa shape index (κ2) is 11.5. The molecule has 3 rings (SSSR count). The Morgan fingerprint density at radius 2 is 1.97 bits per heavy atom. The van der Waals surface area contributed by atoms with Crippen LogP contribution in [0.2, 0.25) is 0 Å². The molecule has 0 radical (unpaired) electrons. The number of hydrogen-bond donors (Lipinski definition) is 2. The zero-order chi connectivity index (χ0) is 25.6. The largest absolute Gasteiger partial charge is 0.474 e. The number of hydrogen-bond acceptors (Lipinski definition) is 9. The van der Waals surface area contributed by atoms with E-state index >= 15 is 0 Å². The number of nitrogens with zero attached hydrogens (tertiary/aromatic N) is 3. The summed E-state index contributed by atoms with van der Waals surface area (Å²) in [5, 5.41) is 5.86. The molecule has 0 saturated carbocycles. The molecule has 1 saturated heterocycles. The number of piperidine rings is 1. The maximum absolute atomic E-state index is 14.6. The van der Waals surface area contributed by atoms with Crippen molar-refractivity contribution in [2.45, 2.75) is 45.8 Å². The molecule has 1 aliphatic heterocycles. The van der Waals surface area contributed by atoms with E-state index in [2.05, 4.69) is 20.6 Å². The van der Waals surface area contributed by atoms with Crippen LogP contribution in [0.5, 0.6) is 5.88 Å². The van der Waals surface area contributed by atoms with Crippen molar-refractivity contribution in [1.29, 1.82) is 0 Å². The van der Waals surface area contributed by atoms with Crippen LogP contribution in [0.1, 0.15) is 32.3 Å². The van der Waals surface area contributed by atoms with Crippen LogP contribution in [-0.2, 0) is 14.6 Å². The van der Waals surface area contributed by atoms with Crippen LogP contribution in [0.25, 0.3) is 0 Å². The van der Waals surface area contributed by atoms with Crippen molar-refractivity contribution in [3.63, 3.8) is 0 Å². The Hall–Kier alpha value is -3.15. The summed E-state index contributed by atoms with van der Waals surface area (Å²) in [4.78, 5) is 22.2. The van der Waals surface area contributed by atoms with Crippen LogP contribution >= 0.6 is 0 Å². The molecule has 1 aliphatic rings. The van der Waals surface area contributed by atoms with Gasteiger partial charge in [-0.15, -0.1) is 0 Å². The SMILES string of the molecule is Cc1c(Nc2ccc(NCCS(C)(=O)=O)cc2F)ncnc1OC1CCN(C(=O)OC(C)C)CC1. The molecule has 1 aromatic heterocycles. The number of ether oxygens (including phenoxy) is 2. The van der Waals surface area contributed by atoms with Gasteiger partial charge in [0.15, 0.2) is 0 Å². The molecule has 0 aliphatic carbocycles. The van der Waals surface area contributed by atoms with Gasteiger partial charge < -0.3 is 25.0 Å². The van der Waals surface area contributed by atoms with E-state index in [0.29, 0.717) is 48.9 Å². The molecule has 10 nitrogen and oxygen atoms in total. The average Bonchev–Trinajstić information content (AvgIpc) is 2.77. The maximum Gasteiger partial charge on any atom is 0.410 e. The van der Waals surface area contributed by atoms with E-state index in [0.717, 1.165) is 6.26 Å². The van der Waals surface area contributed by atoms with Crippen LogP contribution in [0.4, 0.5) is 26.4 Å². The molecule has 192 valence electrons. The highest BCUT2D eigenvalue weighted by atomic mass is 32.2. The monoisotopic (exact) mass is 509 g/mol. The Morgan fingerprint density at radius 1 is 1.26 bits per heavy atom. The van der Waals surface area contributed by atoms with Crippen molar-refractivity contribution in [2.24, 2.45) is 0 Å². The lowest BCUT2D eigenvalue weighted by molar-refractivity contribution is 0.0505. The number of sulfone groups is 1. The topological polar surface area (TPSA) is 123 Å². The van der Waals surface area contributed by atoms with Crippen LogP contribution < -0.4 is 15.4 Å². The normalized spacial score (nSPS) is 14.6. The molecule has 0 spiro atoms. The number of rotatable bonds is 9. The van der Waals surface area contributed by atoms with E-state index in [1.165, 1.54) is 12.4 Å². The predicted octanol–water partition coefficient (Wildman–Crippen LogP) is 3.51. The molecule has 35 heavy (non-hydrogen) atoms. The molecule has 12 heteroatoms. The molecule has 2 aromatic rings. The first-order valence-electron chi connectivity index (χ1n) is 11.4. The van der Waals surface area contributed by atoms with Gasteiger partial charge in [-0.2, -0.15) is 0 Å². The van der Waals surface area contributed by atoms with E-state index in [-0.39, 0.29) is 36.3 Å². The maximum atomic E-state index is 14.6. The Bertz CT molecular complexity index is 1140. The second-order valence-electron chi connectivity index (χ2n) is 8.77. The van der Waals surface area contributed by atoms with Crippen molar-refractivity contribution < 1.29 is 27.1 Å². The van der Waals surface area contributed by atoms with Gasteiger partial charge >= 0.3 is 6.09 Å². The number of amides is 1. The smallest absolute Gasteiger partial charge is 0.410 e. The number of carbonyl (C=O) groups is 1. The lowest BCUT2D eigenvalue weighted by Crippen LogP contribution is -2.42. The van der Waals surface area contributed by atoms with Crippen molar-refractivity contribution in [3.8, 4) is 5.88 Å². The number of halogens is 1. The number of carbonyl (C=O) groups excluding carboxylic acids is 1. The summed E-state index contributed by atoms with van der Waals surface area (Å²) in [6.07, 6.45) is 3.18. The first-order chi connectivity index (χ1) is 16.5. The Kier molecular flexibility index (Phi) is 8.71. The Morgan fingerprint density at radius 3 is 2.60 bits per heavy atom. The zero-order valence-corrected chi connectivity index (χ0v) is 21.2. The van der Waals surface area contributed by atoms with E-state index in [4.69, 9.17) is 9.47 Å². The van der Waals surface area contributed by atoms with Gasteiger partial charge in [0, 0.05) is 44.4 Å². The lowest BCUT2D eigenvalue weighted by atomic mass is 10.1. The van der Waals surface area contributed by atoms with E-state index < -0.39 is 15.7 Å². The molecule has 2 N–H and O–H groups in total. The molecular formula is C23H32FN5O5S. The van der Waals surface area contributed by atoms with Gasteiger partial charge in [0.1, 0.15) is 33.9 Å². The highest BCUT2D eigenvalue weighted by Crippen LogP contribution is 2.28. The van der Waals surface area contributed by atoms with Crippen molar-refractivity contribution >= 4 is 33.1 Å². The fourth-order valence-corrected chi connectivity index (χ4v) is 3.98. The zero-order valence-electron chi connectivity index (χ0n) is 20.4. The summed E-state index contributed by atoms with van der Waals surface area (Å²) < 4.78 is 48.4.